The summed E-state index contributed by atoms with van der Waals surface area (Å²) in [6, 6.07) is 9.61. The fourth-order valence-electron chi connectivity index (χ4n) is 4.43. The summed E-state index contributed by atoms with van der Waals surface area (Å²) in [6.45, 7) is 6.28. The van der Waals surface area contributed by atoms with Gasteiger partial charge >= 0.3 is 29.8 Å². The molecule has 1 aromatic heterocycles. The van der Waals surface area contributed by atoms with Crippen molar-refractivity contribution in [1.29, 1.82) is 0 Å². The molecule has 1 saturated heterocycles. The Labute approximate surface area is 253 Å². The summed E-state index contributed by atoms with van der Waals surface area (Å²) in [5.74, 6) is -2.53. The second-order valence-electron chi connectivity index (χ2n) is 9.75. The van der Waals surface area contributed by atoms with Crippen molar-refractivity contribution in [3.63, 3.8) is 0 Å². The number of ether oxygens (including phenoxy) is 6. The SMILES string of the molecule is CC(=O)OCCc1ccc(Cc2ccncc2O[C@@H]2S[C@H](COC(C)=O)[C@@H](OC(C)=O)[C@H](OC(C)=O)[C@H]2OC(C)=O)cc1. The number of carbonyl (C=O) groups is 5. The Kier molecular flexibility index (Phi) is 12.4. The Morgan fingerprint density at radius 2 is 1.30 bits per heavy atom. The second kappa shape index (κ2) is 15.9. The molecule has 3 rings (SSSR count). The maximum atomic E-state index is 12.2. The predicted molar refractivity (Wildman–Crippen MR) is 153 cm³/mol. The van der Waals surface area contributed by atoms with Crippen molar-refractivity contribution in [1.82, 2.24) is 4.98 Å². The first kappa shape index (κ1) is 33.4. The maximum Gasteiger partial charge on any atom is 0.303 e. The third kappa shape index (κ3) is 10.6. The molecule has 0 amide bonds. The summed E-state index contributed by atoms with van der Waals surface area (Å²) in [5.41, 5.74) is 1.79. The van der Waals surface area contributed by atoms with Gasteiger partial charge in [-0.25, -0.2) is 0 Å². The lowest BCUT2D eigenvalue weighted by Gasteiger charge is -2.43. The molecule has 43 heavy (non-hydrogen) atoms. The topological polar surface area (TPSA) is 154 Å². The van der Waals surface area contributed by atoms with Gasteiger partial charge in [-0.3, -0.25) is 29.0 Å². The van der Waals surface area contributed by atoms with Crippen LogP contribution in [-0.4, -0.2) is 77.0 Å². The number of hydrogen-bond acceptors (Lipinski definition) is 13. The van der Waals surface area contributed by atoms with Crippen LogP contribution in [0.3, 0.4) is 0 Å². The normalized spacial score (nSPS) is 21.2. The lowest BCUT2D eigenvalue weighted by atomic mass is 10.0. The number of pyridine rings is 1. The van der Waals surface area contributed by atoms with Gasteiger partial charge in [0.05, 0.1) is 18.1 Å². The number of hydrogen-bond donors (Lipinski definition) is 0. The molecule has 0 aliphatic carbocycles. The minimum atomic E-state index is -1.25. The van der Waals surface area contributed by atoms with Crippen molar-refractivity contribution in [2.45, 2.75) is 76.5 Å². The Morgan fingerprint density at radius 3 is 1.91 bits per heavy atom. The zero-order chi connectivity index (χ0) is 31.5. The quantitative estimate of drug-likeness (QED) is 0.254. The molecule has 0 radical (unpaired) electrons. The number of thioether (sulfide) groups is 1. The predicted octanol–water partition coefficient (Wildman–Crippen LogP) is 2.96. The molecule has 1 fully saturated rings. The molecule has 0 unspecified atom stereocenters. The van der Waals surface area contributed by atoms with E-state index in [9.17, 15) is 24.0 Å². The van der Waals surface area contributed by atoms with E-state index < -0.39 is 52.9 Å². The third-order valence-electron chi connectivity index (χ3n) is 6.17. The van der Waals surface area contributed by atoms with Crippen LogP contribution in [-0.2, 0) is 60.5 Å². The number of esters is 5. The van der Waals surface area contributed by atoms with Gasteiger partial charge in [0.15, 0.2) is 23.7 Å². The second-order valence-corrected chi connectivity index (χ2v) is 11.1. The molecular formula is C30H35NO11S. The summed E-state index contributed by atoms with van der Waals surface area (Å²) in [5, 5.41) is -0.728. The maximum absolute atomic E-state index is 12.2. The highest BCUT2D eigenvalue weighted by Gasteiger charge is 2.53. The first-order valence-electron chi connectivity index (χ1n) is 13.5. The van der Waals surface area contributed by atoms with Crippen LogP contribution >= 0.6 is 11.8 Å². The van der Waals surface area contributed by atoms with Crippen molar-refractivity contribution >= 4 is 41.6 Å². The summed E-state index contributed by atoms with van der Waals surface area (Å²) < 4.78 is 33.2. The molecule has 1 aliphatic heterocycles. The fraction of sp³-hybridized carbons (Fsp3) is 0.467. The van der Waals surface area contributed by atoms with Crippen LogP contribution in [0.1, 0.15) is 51.3 Å². The Balaban J connectivity index is 1.89. The van der Waals surface area contributed by atoms with Gasteiger partial charge in [-0.1, -0.05) is 24.3 Å². The van der Waals surface area contributed by atoms with Crippen molar-refractivity contribution in [2.24, 2.45) is 0 Å². The van der Waals surface area contributed by atoms with Crippen molar-refractivity contribution in [2.75, 3.05) is 13.2 Å². The Morgan fingerprint density at radius 1 is 0.721 bits per heavy atom. The molecule has 0 bridgehead atoms. The minimum Gasteiger partial charge on any atom is -0.474 e. The van der Waals surface area contributed by atoms with Gasteiger partial charge in [-0.05, 0) is 17.2 Å². The van der Waals surface area contributed by atoms with E-state index >= 15 is 0 Å². The fourth-order valence-corrected chi connectivity index (χ4v) is 5.81. The van der Waals surface area contributed by atoms with Gasteiger partial charge in [0, 0.05) is 59.2 Å². The molecule has 2 aromatic rings. The van der Waals surface area contributed by atoms with Gasteiger partial charge in [0.25, 0.3) is 0 Å². The van der Waals surface area contributed by atoms with Crippen LogP contribution < -0.4 is 4.74 Å². The number of nitrogens with zero attached hydrogens (tertiary/aromatic N) is 1. The first-order valence-corrected chi connectivity index (χ1v) is 14.5. The summed E-state index contributed by atoms with van der Waals surface area (Å²) >= 11 is 1.12. The van der Waals surface area contributed by atoms with E-state index in [4.69, 9.17) is 28.4 Å². The largest absolute Gasteiger partial charge is 0.474 e. The van der Waals surface area contributed by atoms with Gasteiger partial charge in [-0.2, -0.15) is 0 Å². The van der Waals surface area contributed by atoms with E-state index in [0.29, 0.717) is 25.2 Å². The molecule has 1 aliphatic rings. The van der Waals surface area contributed by atoms with E-state index in [-0.39, 0.29) is 12.6 Å². The Hall–Kier alpha value is -4.13. The number of aromatic nitrogens is 1. The average molecular weight is 618 g/mol. The van der Waals surface area contributed by atoms with E-state index in [1.54, 1.807) is 12.3 Å². The van der Waals surface area contributed by atoms with Crippen LogP contribution in [0.25, 0.3) is 0 Å². The van der Waals surface area contributed by atoms with Crippen molar-refractivity contribution < 1.29 is 52.4 Å². The van der Waals surface area contributed by atoms with Crippen LogP contribution in [0.4, 0.5) is 0 Å². The minimum absolute atomic E-state index is 0.188. The zero-order valence-corrected chi connectivity index (χ0v) is 25.4. The van der Waals surface area contributed by atoms with Crippen molar-refractivity contribution in [3.8, 4) is 5.75 Å². The molecular weight excluding hydrogens is 582 g/mol. The van der Waals surface area contributed by atoms with Gasteiger partial charge < -0.3 is 28.4 Å². The molecule has 232 valence electrons. The highest BCUT2D eigenvalue weighted by Crippen LogP contribution is 2.40. The average Bonchev–Trinajstić information content (AvgIpc) is 2.92. The molecule has 0 N–H and O–H groups in total. The smallest absolute Gasteiger partial charge is 0.303 e. The standard InChI is InChI=1S/C30H35NO11S/c1-17(32)37-13-11-22-6-8-23(9-7-22)14-24-10-12-31-15-25(24)42-30-29(41-21(5)36)28(40-20(4)35)27(39-19(3)34)26(43-30)16-38-18(2)33/h6-10,12,15,26-30H,11,13-14,16H2,1-5H3/t26-,27-,28+,29-,30-/m1/s1. The van der Waals surface area contributed by atoms with E-state index in [0.717, 1.165) is 28.5 Å². The van der Waals surface area contributed by atoms with Crippen molar-refractivity contribution in [3.05, 3.63) is 59.4 Å². The summed E-state index contributed by atoms with van der Waals surface area (Å²) in [4.78, 5) is 63.1. The third-order valence-corrected chi connectivity index (χ3v) is 7.56. The lowest BCUT2D eigenvalue weighted by Crippen LogP contribution is -2.59. The van der Waals surface area contributed by atoms with E-state index in [2.05, 4.69) is 4.98 Å². The van der Waals surface area contributed by atoms with Crippen LogP contribution in [0, 0.1) is 0 Å². The highest BCUT2D eigenvalue weighted by molar-refractivity contribution is 8.00. The number of benzene rings is 1. The van der Waals surface area contributed by atoms with Crippen LogP contribution in [0.15, 0.2) is 42.7 Å². The molecule has 13 heteroatoms. The van der Waals surface area contributed by atoms with Gasteiger partial charge in [-0.15, -0.1) is 11.8 Å². The Bertz CT molecular complexity index is 1300. The zero-order valence-electron chi connectivity index (χ0n) is 24.6. The summed E-state index contributed by atoms with van der Waals surface area (Å²) in [6.07, 6.45) is 0.654. The first-order chi connectivity index (χ1) is 20.4. The number of rotatable bonds is 12. The molecule has 12 nitrogen and oxygen atoms in total. The molecule has 2 heterocycles. The summed E-state index contributed by atoms with van der Waals surface area (Å²) in [7, 11) is 0. The molecule has 1 aromatic carbocycles. The van der Waals surface area contributed by atoms with E-state index in [1.807, 2.05) is 24.3 Å². The molecule has 0 saturated carbocycles. The monoisotopic (exact) mass is 617 g/mol. The number of carbonyl (C=O) groups excluding carboxylic acids is 5. The highest BCUT2D eigenvalue weighted by atomic mass is 32.2. The van der Waals surface area contributed by atoms with Gasteiger partial charge in [0.2, 0.25) is 0 Å². The molecule has 0 spiro atoms. The molecule has 5 atom stereocenters. The van der Waals surface area contributed by atoms with Gasteiger partial charge in [0.1, 0.15) is 12.4 Å². The van der Waals surface area contributed by atoms with Crippen LogP contribution in [0.2, 0.25) is 0 Å². The van der Waals surface area contributed by atoms with E-state index in [1.165, 1.54) is 40.8 Å². The van der Waals surface area contributed by atoms with Crippen LogP contribution in [0.5, 0.6) is 5.75 Å². The lowest BCUT2D eigenvalue weighted by molar-refractivity contribution is -0.190.